The summed E-state index contributed by atoms with van der Waals surface area (Å²) in [5.74, 6) is 0.268. The topological polar surface area (TPSA) is 87.5 Å². The van der Waals surface area contributed by atoms with E-state index in [1.807, 2.05) is 14.1 Å². The Morgan fingerprint density at radius 3 is 2.72 bits per heavy atom. The van der Waals surface area contributed by atoms with Gasteiger partial charge in [-0.2, -0.15) is 5.10 Å². The second-order valence-electron chi connectivity index (χ2n) is 7.04. The zero-order valence-electron chi connectivity index (χ0n) is 14.4. The summed E-state index contributed by atoms with van der Waals surface area (Å²) < 4.78 is 1.16. The summed E-state index contributed by atoms with van der Waals surface area (Å²) in [4.78, 5) is 26.6. The number of halogens is 1. The molecule has 134 valence electrons. The molecule has 1 aliphatic carbocycles. The molecule has 1 saturated carbocycles. The van der Waals surface area contributed by atoms with Crippen LogP contribution in [0, 0.1) is 0 Å². The van der Waals surface area contributed by atoms with Gasteiger partial charge < -0.3 is 15.3 Å². The molecule has 0 unspecified atom stereocenters. The van der Waals surface area contributed by atoms with E-state index in [4.69, 9.17) is 11.6 Å². The van der Waals surface area contributed by atoms with Crippen molar-refractivity contribution in [3.8, 4) is 0 Å². The molecule has 1 aliphatic rings. The van der Waals surface area contributed by atoms with Crippen molar-refractivity contribution in [2.45, 2.75) is 38.0 Å². The minimum Gasteiger partial charge on any atom is -0.390 e. The summed E-state index contributed by atoms with van der Waals surface area (Å²) >= 11 is 6.03. The molecule has 1 aromatic heterocycles. The first kappa shape index (κ1) is 17.7. The molecule has 2 N–H and O–H groups in total. The molecule has 0 bridgehead atoms. The van der Waals surface area contributed by atoms with Gasteiger partial charge in [0.05, 0.1) is 11.0 Å². The largest absolute Gasteiger partial charge is 0.390 e. The van der Waals surface area contributed by atoms with Crippen LogP contribution in [0.25, 0.3) is 10.8 Å². The maximum Gasteiger partial charge on any atom is 0.275 e. The van der Waals surface area contributed by atoms with Gasteiger partial charge in [-0.3, -0.25) is 9.59 Å². The van der Waals surface area contributed by atoms with Crippen molar-refractivity contribution in [2.24, 2.45) is 0 Å². The van der Waals surface area contributed by atoms with Crippen molar-refractivity contribution in [3.05, 3.63) is 33.6 Å². The quantitative estimate of drug-likeness (QED) is 0.849. The Kier molecular flexibility index (Phi) is 4.47. The molecule has 7 nitrogen and oxygen atoms in total. The van der Waals surface area contributed by atoms with E-state index in [0.29, 0.717) is 34.5 Å². The van der Waals surface area contributed by atoms with Gasteiger partial charge in [-0.1, -0.05) is 11.6 Å². The van der Waals surface area contributed by atoms with E-state index in [-0.39, 0.29) is 24.1 Å². The number of nitrogens with one attached hydrogen (secondary N) is 1. The number of carbonyl (C=O) groups is 1. The van der Waals surface area contributed by atoms with E-state index in [9.17, 15) is 14.7 Å². The number of fused-ring (bicyclic) bond motifs is 1. The number of hydrogen-bond acceptors (Lipinski definition) is 5. The zero-order valence-corrected chi connectivity index (χ0v) is 15.2. The highest BCUT2D eigenvalue weighted by Gasteiger charge is 2.39. The van der Waals surface area contributed by atoms with Gasteiger partial charge in [-0.15, -0.1) is 0 Å². The van der Waals surface area contributed by atoms with E-state index >= 15 is 0 Å². The number of anilines is 1. The maximum atomic E-state index is 12.6. The molecule has 3 rings (SSSR count). The van der Waals surface area contributed by atoms with E-state index < -0.39 is 5.60 Å². The van der Waals surface area contributed by atoms with Crippen LogP contribution >= 0.6 is 11.6 Å². The molecule has 1 amide bonds. The van der Waals surface area contributed by atoms with Gasteiger partial charge in [-0.25, -0.2) is 4.68 Å². The molecular weight excluding hydrogens is 344 g/mol. The highest BCUT2D eigenvalue weighted by molar-refractivity contribution is 6.31. The van der Waals surface area contributed by atoms with Crippen LogP contribution in [0.2, 0.25) is 5.02 Å². The molecule has 1 fully saturated rings. The SMILES string of the molecule is CN(C)c1nn(CC(=O)N[C@H]2C[C@@](C)(O)C2)c(=O)c2ccc(Cl)cc12. The minimum absolute atomic E-state index is 0.0641. The lowest BCUT2D eigenvalue weighted by molar-refractivity contribution is -0.125. The Bertz CT molecular complexity index is 883. The normalized spacial score (nSPS) is 22.5. The van der Waals surface area contributed by atoms with Crippen molar-refractivity contribution in [3.63, 3.8) is 0 Å². The maximum absolute atomic E-state index is 12.6. The first-order valence-electron chi connectivity index (χ1n) is 8.06. The van der Waals surface area contributed by atoms with E-state index in [1.54, 1.807) is 30.0 Å². The predicted molar refractivity (Wildman–Crippen MR) is 97.1 cm³/mol. The standard InChI is InChI=1S/C17H21ClN4O3/c1-17(25)7-11(8-17)19-14(23)9-22-16(24)12-5-4-10(18)6-13(12)15(20-22)21(2)3/h4-6,11,25H,7-9H2,1-3H3,(H,19,23)/t11-,17+. The minimum atomic E-state index is -0.715. The summed E-state index contributed by atoms with van der Waals surface area (Å²) in [6.07, 6.45) is 1.03. The van der Waals surface area contributed by atoms with Crippen molar-refractivity contribution in [1.29, 1.82) is 0 Å². The van der Waals surface area contributed by atoms with Gasteiger partial charge in [0.1, 0.15) is 6.54 Å². The first-order chi connectivity index (χ1) is 11.7. The van der Waals surface area contributed by atoms with Gasteiger partial charge >= 0.3 is 0 Å². The van der Waals surface area contributed by atoms with Gasteiger partial charge in [-0.05, 0) is 38.0 Å². The molecule has 1 heterocycles. The van der Waals surface area contributed by atoms with Crippen LogP contribution in [0.5, 0.6) is 0 Å². The molecular formula is C17H21ClN4O3. The van der Waals surface area contributed by atoms with Crippen LogP contribution in [0.3, 0.4) is 0 Å². The van der Waals surface area contributed by atoms with Gasteiger partial charge in [0.2, 0.25) is 5.91 Å². The van der Waals surface area contributed by atoms with Crippen LogP contribution < -0.4 is 15.8 Å². The fourth-order valence-electron chi connectivity index (χ4n) is 3.19. The average Bonchev–Trinajstić information content (AvgIpc) is 2.47. The number of nitrogens with zero attached hydrogens (tertiary/aromatic N) is 3. The lowest BCUT2D eigenvalue weighted by atomic mass is 9.77. The number of benzene rings is 1. The van der Waals surface area contributed by atoms with Crippen molar-refractivity contribution < 1.29 is 9.90 Å². The summed E-state index contributed by atoms with van der Waals surface area (Å²) in [6.45, 7) is 1.57. The summed E-state index contributed by atoms with van der Waals surface area (Å²) in [5.41, 5.74) is -1.05. The lowest BCUT2D eigenvalue weighted by Gasteiger charge is -2.41. The summed E-state index contributed by atoms with van der Waals surface area (Å²) in [7, 11) is 3.63. The van der Waals surface area contributed by atoms with Crippen LogP contribution in [-0.2, 0) is 11.3 Å². The molecule has 0 saturated heterocycles. The molecule has 8 heteroatoms. The predicted octanol–water partition coefficient (Wildman–Crippen LogP) is 1.15. The molecule has 0 aliphatic heterocycles. The Morgan fingerprint density at radius 1 is 1.44 bits per heavy atom. The third-order valence-electron chi connectivity index (χ3n) is 4.36. The fourth-order valence-corrected chi connectivity index (χ4v) is 3.36. The van der Waals surface area contributed by atoms with Gasteiger partial charge in [0.25, 0.3) is 5.56 Å². The Hall–Kier alpha value is -2.12. The zero-order chi connectivity index (χ0) is 18.4. The fraction of sp³-hybridized carbons (Fsp3) is 0.471. The third-order valence-corrected chi connectivity index (χ3v) is 4.59. The molecule has 1 aromatic carbocycles. The van der Waals surface area contributed by atoms with Gasteiger partial charge in [0, 0.05) is 30.5 Å². The second-order valence-corrected chi connectivity index (χ2v) is 7.48. The van der Waals surface area contributed by atoms with Crippen LogP contribution in [0.1, 0.15) is 19.8 Å². The Labute approximate surface area is 150 Å². The second kappa shape index (κ2) is 6.31. The number of rotatable bonds is 4. The molecule has 0 spiro atoms. The van der Waals surface area contributed by atoms with Crippen molar-refractivity contribution in [2.75, 3.05) is 19.0 Å². The Balaban J connectivity index is 1.89. The van der Waals surface area contributed by atoms with E-state index in [1.165, 1.54) is 0 Å². The summed E-state index contributed by atoms with van der Waals surface area (Å²) in [6, 6.07) is 4.92. The molecule has 25 heavy (non-hydrogen) atoms. The smallest absolute Gasteiger partial charge is 0.275 e. The Morgan fingerprint density at radius 2 is 2.12 bits per heavy atom. The van der Waals surface area contributed by atoms with Crippen LogP contribution in [0.15, 0.2) is 23.0 Å². The lowest BCUT2D eigenvalue weighted by Crippen LogP contribution is -2.54. The van der Waals surface area contributed by atoms with Gasteiger partial charge in [0.15, 0.2) is 5.82 Å². The van der Waals surface area contributed by atoms with Crippen LogP contribution in [-0.4, -0.2) is 46.5 Å². The number of amides is 1. The number of carbonyl (C=O) groups excluding carboxylic acids is 1. The third kappa shape index (κ3) is 3.62. The molecule has 0 atom stereocenters. The monoisotopic (exact) mass is 364 g/mol. The molecule has 2 aromatic rings. The van der Waals surface area contributed by atoms with E-state index in [0.717, 1.165) is 4.68 Å². The van der Waals surface area contributed by atoms with Crippen molar-refractivity contribution >= 4 is 34.1 Å². The average molecular weight is 365 g/mol. The molecule has 0 radical (unpaired) electrons. The number of aromatic nitrogens is 2. The highest BCUT2D eigenvalue weighted by atomic mass is 35.5. The summed E-state index contributed by atoms with van der Waals surface area (Å²) in [5, 5.41) is 18.5. The first-order valence-corrected chi connectivity index (χ1v) is 8.43. The van der Waals surface area contributed by atoms with Crippen LogP contribution in [0.4, 0.5) is 5.82 Å². The highest BCUT2D eigenvalue weighted by Crippen LogP contribution is 2.31. The number of aliphatic hydroxyl groups is 1. The number of hydrogen-bond donors (Lipinski definition) is 2. The van der Waals surface area contributed by atoms with E-state index in [2.05, 4.69) is 10.4 Å². The van der Waals surface area contributed by atoms with Crippen molar-refractivity contribution in [1.82, 2.24) is 15.1 Å².